The Labute approximate surface area is 130 Å². The molecule has 1 aliphatic heterocycles. The van der Waals surface area contributed by atoms with E-state index in [1.54, 1.807) is 0 Å². The number of halogens is 2. The SMILES string of the molecule is CC(C)CN1CCC(NC(=O)c2cc(Cl)ccc2F)CC1. The molecule has 3 nitrogen and oxygen atoms in total. The Morgan fingerprint density at radius 1 is 1.43 bits per heavy atom. The second kappa shape index (κ2) is 7.23. The van der Waals surface area contributed by atoms with Crippen LogP contribution in [0.3, 0.4) is 0 Å². The van der Waals surface area contributed by atoms with Gasteiger partial charge in [0.1, 0.15) is 5.82 Å². The van der Waals surface area contributed by atoms with E-state index in [0.29, 0.717) is 10.9 Å². The van der Waals surface area contributed by atoms with Crippen LogP contribution in [-0.4, -0.2) is 36.5 Å². The van der Waals surface area contributed by atoms with Crippen molar-refractivity contribution in [3.8, 4) is 0 Å². The lowest BCUT2D eigenvalue weighted by molar-refractivity contribution is 0.0903. The van der Waals surface area contributed by atoms with Crippen LogP contribution in [0.15, 0.2) is 18.2 Å². The maximum Gasteiger partial charge on any atom is 0.254 e. The molecule has 1 aliphatic rings. The number of carbonyl (C=O) groups excluding carboxylic acids is 1. The number of hydrogen-bond donors (Lipinski definition) is 1. The van der Waals surface area contributed by atoms with E-state index >= 15 is 0 Å². The highest BCUT2D eigenvalue weighted by Crippen LogP contribution is 2.17. The van der Waals surface area contributed by atoms with Crippen LogP contribution in [0.4, 0.5) is 4.39 Å². The minimum atomic E-state index is -0.533. The van der Waals surface area contributed by atoms with Crippen molar-refractivity contribution in [2.45, 2.75) is 32.7 Å². The molecule has 1 N–H and O–H groups in total. The molecule has 1 saturated heterocycles. The van der Waals surface area contributed by atoms with Gasteiger partial charge in [-0.15, -0.1) is 0 Å². The zero-order valence-electron chi connectivity index (χ0n) is 12.5. The third-order valence-electron chi connectivity index (χ3n) is 3.72. The molecular weight excluding hydrogens is 291 g/mol. The van der Waals surface area contributed by atoms with E-state index in [1.165, 1.54) is 18.2 Å². The first kappa shape index (κ1) is 16.2. The highest BCUT2D eigenvalue weighted by atomic mass is 35.5. The fraction of sp³-hybridized carbons (Fsp3) is 0.562. The van der Waals surface area contributed by atoms with Gasteiger partial charge in [0.2, 0.25) is 0 Å². The summed E-state index contributed by atoms with van der Waals surface area (Å²) in [6, 6.07) is 4.15. The normalized spacial score (nSPS) is 17.2. The summed E-state index contributed by atoms with van der Waals surface area (Å²) < 4.78 is 13.7. The van der Waals surface area contributed by atoms with Crippen LogP contribution in [-0.2, 0) is 0 Å². The van der Waals surface area contributed by atoms with Crippen molar-refractivity contribution in [2.75, 3.05) is 19.6 Å². The molecule has 0 aliphatic carbocycles. The van der Waals surface area contributed by atoms with Gasteiger partial charge in [0.05, 0.1) is 5.56 Å². The molecule has 116 valence electrons. The molecule has 2 rings (SSSR count). The number of rotatable bonds is 4. The second-order valence-electron chi connectivity index (χ2n) is 6.07. The van der Waals surface area contributed by atoms with E-state index < -0.39 is 5.82 Å². The Bertz CT molecular complexity index is 499. The average Bonchev–Trinajstić information content (AvgIpc) is 2.43. The van der Waals surface area contributed by atoms with E-state index in [0.717, 1.165) is 32.5 Å². The van der Waals surface area contributed by atoms with Gasteiger partial charge in [0, 0.05) is 30.7 Å². The largest absolute Gasteiger partial charge is 0.349 e. The Hall–Kier alpha value is -1.13. The van der Waals surface area contributed by atoms with Gasteiger partial charge in [0.25, 0.3) is 5.91 Å². The smallest absolute Gasteiger partial charge is 0.254 e. The van der Waals surface area contributed by atoms with Crippen LogP contribution < -0.4 is 5.32 Å². The van der Waals surface area contributed by atoms with E-state index in [4.69, 9.17) is 11.6 Å². The topological polar surface area (TPSA) is 32.3 Å². The quantitative estimate of drug-likeness (QED) is 0.925. The van der Waals surface area contributed by atoms with Gasteiger partial charge in [-0.1, -0.05) is 25.4 Å². The molecule has 1 heterocycles. The highest BCUT2D eigenvalue weighted by molar-refractivity contribution is 6.31. The van der Waals surface area contributed by atoms with Gasteiger partial charge in [-0.3, -0.25) is 4.79 Å². The number of nitrogens with one attached hydrogen (secondary N) is 1. The summed E-state index contributed by atoms with van der Waals surface area (Å²) in [5.74, 6) is -0.261. The number of nitrogens with zero attached hydrogens (tertiary/aromatic N) is 1. The summed E-state index contributed by atoms with van der Waals surface area (Å²) in [5.41, 5.74) is 0.0205. The predicted octanol–water partition coefficient (Wildman–Crippen LogP) is 3.33. The summed E-state index contributed by atoms with van der Waals surface area (Å²) in [4.78, 5) is 14.5. The number of amides is 1. The van der Waals surface area contributed by atoms with Crippen LogP contribution >= 0.6 is 11.6 Å². The first-order valence-electron chi connectivity index (χ1n) is 7.44. The van der Waals surface area contributed by atoms with Crippen molar-refractivity contribution in [1.82, 2.24) is 10.2 Å². The summed E-state index contributed by atoms with van der Waals surface area (Å²) >= 11 is 5.82. The monoisotopic (exact) mass is 312 g/mol. The Balaban J connectivity index is 1.88. The van der Waals surface area contributed by atoms with Gasteiger partial charge < -0.3 is 10.2 Å². The average molecular weight is 313 g/mol. The predicted molar refractivity (Wildman–Crippen MR) is 83.2 cm³/mol. The molecular formula is C16H22ClFN2O. The first-order valence-corrected chi connectivity index (χ1v) is 7.81. The molecule has 0 aromatic heterocycles. The second-order valence-corrected chi connectivity index (χ2v) is 6.50. The third kappa shape index (κ3) is 4.68. The molecule has 0 unspecified atom stereocenters. The van der Waals surface area contributed by atoms with Crippen molar-refractivity contribution >= 4 is 17.5 Å². The van der Waals surface area contributed by atoms with Gasteiger partial charge in [0.15, 0.2) is 0 Å². The van der Waals surface area contributed by atoms with Crippen molar-refractivity contribution < 1.29 is 9.18 Å². The molecule has 1 amide bonds. The first-order chi connectivity index (χ1) is 9.95. The molecule has 1 aromatic carbocycles. The van der Waals surface area contributed by atoms with Crippen LogP contribution in [0.1, 0.15) is 37.0 Å². The molecule has 0 saturated carbocycles. The molecule has 0 spiro atoms. The van der Waals surface area contributed by atoms with E-state index in [2.05, 4.69) is 24.1 Å². The lowest BCUT2D eigenvalue weighted by Gasteiger charge is -2.33. The molecule has 5 heteroatoms. The molecule has 0 bridgehead atoms. The van der Waals surface area contributed by atoms with Crippen molar-refractivity contribution in [3.63, 3.8) is 0 Å². The number of benzene rings is 1. The van der Waals surface area contributed by atoms with Crippen molar-refractivity contribution in [3.05, 3.63) is 34.6 Å². The van der Waals surface area contributed by atoms with Crippen LogP contribution in [0, 0.1) is 11.7 Å². The summed E-state index contributed by atoms with van der Waals surface area (Å²) in [5, 5.41) is 3.28. The maximum absolute atomic E-state index is 13.7. The van der Waals surface area contributed by atoms with Crippen LogP contribution in [0.2, 0.25) is 5.02 Å². The minimum absolute atomic E-state index is 0.0205. The lowest BCUT2D eigenvalue weighted by atomic mass is 10.0. The van der Waals surface area contributed by atoms with Crippen molar-refractivity contribution in [1.29, 1.82) is 0 Å². The van der Waals surface area contributed by atoms with Gasteiger partial charge in [-0.25, -0.2) is 4.39 Å². The fourth-order valence-electron chi connectivity index (χ4n) is 2.71. The molecule has 0 atom stereocenters. The van der Waals surface area contributed by atoms with Gasteiger partial charge in [-0.05, 0) is 37.0 Å². The molecule has 21 heavy (non-hydrogen) atoms. The van der Waals surface area contributed by atoms with Crippen LogP contribution in [0.25, 0.3) is 0 Å². The van der Waals surface area contributed by atoms with E-state index in [9.17, 15) is 9.18 Å². The van der Waals surface area contributed by atoms with E-state index in [-0.39, 0.29) is 17.5 Å². The Morgan fingerprint density at radius 3 is 2.71 bits per heavy atom. The number of hydrogen-bond acceptors (Lipinski definition) is 2. The highest BCUT2D eigenvalue weighted by Gasteiger charge is 2.22. The zero-order valence-corrected chi connectivity index (χ0v) is 13.3. The van der Waals surface area contributed by atoms with E-state index in [1.807, 2.05) is 0 Å². The number of likely N-dealkylation sites (tertiary alicyclic amines) is 1. The third-order valence-corrected chi connectivity index (χ3v) is 3.95. The number of piperidine rings is 1. The molecule has 0 radical (unpaired) electrons. The fourth-order valence-corrected chi connectivity index (χ4v) is 2.88. The minimum Gasteiger partial charge on any atom is -0.349 e. The number of carbonyl (C=O) groups is 1. The molecule has 1 aromatic rings. The lowest BCUT2D eigenvalue weighted by Crippen LogP contribution is -2.45. The Kier molecular flexibility index (Phi) is 5.59. The summed E-state index contributed by atoms with van der Waals surface area (Å²) in [7, 11) is 0. The van der Waals surface area contributed by atoms with Gasteiger partial charge >= 0.3 is 0 Å². The zero-order chi connectivity index (χ0) is 15.4. The van der Waals surface area contributed by atoms with Crippen LogP contribution in [0.5, 0.6) is 0 Å². The summed E-state index contributed by atoms with van der Waals surface area (Å²) in [6.07, 6.45) is 1.81. The van der Waals surface area contributed by atoms with Crippen molar-refractivity contribution in [2.24, 2.45) is 5.92 Å². The maximum atomic E-state index is 13.7. The molecule has 1 fully saturated rings. The Morgan fingerprint density at radius 2 is 2.10 bits per heavy atom. The standard InChI is InChI=1S/C16H22ClFN2O/c1-11(2)10-20-7-5-13(6-8-20)19-16(21)14-9-12(17)3-4-15(14)18/h3-4,9,11,13H,5-8,10H2,1-2H3,(H,19,21). The van der Waals surface area contributed by atoms with Gasteiger partial charge in [-0.2, -0.15) is 0 Å². The summed E-state index contributed by atoms with van der Waals surface area (Å²) in [6.45, 7) is 7.44.